The van der Waals surface area contributed by atoms with Crippen LogP contribution in [-0.2, 0) is 0 Å². The molecule has 0 aromatic heterocycles. The van der Waals surface area contributed by atoms with Crippen LogP contribution in [0.25, 0.3) is 6.08 Å². The quantitative estimate of drug-likeness (QED) is 0.419. The van der Waals surface area contributed by atoms with Crippen LogP contribution < -0.4 is 9.47 Å². The fraction of sp³-hybridized carbons (Fsp3) is 0.211. The third-order valence-electron chi connectivity index (χ3n) is 3.29. The van der Waals surface area contributed by atoms with E-state index in [4.69, 9.17) is 9.47 Å². The first-order chi connectivity index (χ1) is 11.2. The molecule has 0 aliphatic heterocycles. The van der Waals surface area contributed by atoms with Gasteiger partial charge < -0.3 is 9.47 Å². The number of hydrogen-bond donors (Lipinski definition) is 0. The molecule has 4 heteroatoms. The van der Waals surface area contributed by atoms with E-state index < -0.39 is 0 Å². The average Bonchev–Trinajstić information content (AvgIpc) is 2.60. The van der Waals surface area contributed by atoms with Crippen LogP contribution in [0, 0.1) is 0 Å². The van der Waals surface area contributed by atoms with Crippen molar-refractivity contribution in [1.82, 2.24) is 0 Å². The summed E-state index contributed by atoms with van der Waals surface area (Å²) in [5.74, 6) is 1.50. The molecule has 2 aromatic carbocycles. The number of allylic oxidation sites excluding steroid dienone is 1. The minimum atomic E-state index is -0.0511. The molecule has 2 aromatic rings. The summed E-state index contributed by atoms with van der Waals surface area (Å²) >= 11 is 1.59. The maximum Gasteiger partial charge on any atom is 0.185 e. The molecule has 0 amide bonds. The molecule has 0 bridgehead atoms. The van der Waals surface area contributed by atoms with Crippen LogP contribution in [-0.4, -0.2) is 25.8 Å². The Bertz CT molecular complexity index is 690. The van der Waals surface area contributed by atoms with E-state index in [1.54, 1.807) is 37.1 Å². The third kappa shape index (κ3) is 4.63. The van der Waals surface area contributed by atoms with E-state index in [1.807, 2.05) is 49.6 Å². The fourth-order valence-electron chi connectivity index (χ4n) is 2.10. The van der Waals surface area contributed by atoms with Crippen LogP contribution in [0.3, 0.4) is 0 Å². The van der Waals surface area contributed by atoms with Gasteiger partial charge in [0.05, 0.1) is 13.7 Å². The molecule has 3 nitrogen and oxygen atoms in total. The van der Waals surface area contributed by atoms with E-state index in [0.29, 0.717) is 12.2 Å². The van der Waals surface area contributed by atoms with Crippen LogP contribution >= 0.6 is 11.8 Å². The summed E-state index contributed by atoms with van der Waals surface area (Å²) in [7, 11) is 1.61. The van der Waals surface area contributed by atoms with E-state index in [1.165, 1.54) is 0 Å². The van der Waals surface area contributed by atoms with Gasteiger partial charge in [-0.15, -0.1) is 11.8 Å². The van der Waals surface area contributed by atoms with Crippen molar-refractivity contribution in [2.75, 3.05) is 20.0 Å². The molecule has 23 heavy (non-hydrogen) atoms. The Kier molecular flexibility index (Phi) is 6.29. The van der Waals surface area contributed by atoms with E-state index in [9.17, 15) is 4.79 Å². The van der Waals surface area contributed by atoms with Gasteiger partial charge in [-0.25, -0.2) is 0 Å². The van der Waals surface area contributed by atoms with Gasteiger partial charge in [-0.2, -0.15) is 0 Å². The number of thioether (sulfide) groups is 1. The van der Waals surface area contributed by atoms with Crippen LogP contribution in [0.2, 0.25) is 0 Å². The Labute approximate surface area is 141 Å². The van der Waals surface area contributed by atoms with Gasteiger partial charge >= 0.3 is 0 Å². The second-order valence-electron chi connectivity index (χ2n) is 4.77. The minimum absolute atomic E-state index is 0.0511. The number of benzene rings is 2. The Morgan fingerprint density at radius 3 is 2.52 bits per heavy atom. The summed E-state index contributed by atoms with van der Waals surface area (Å²) in [4.78, 5) is 13.3. The Balaban J connectivity index is 2.11. The molecule has 0 heterocycles. The number of rotatable bonds is 7. The Hall–Kier alpha value is -2.20. The van der Waals surface area contributed by atoms with Gasteiger partial charge in [0.15, 0.2) is 5.78 Å². The highest BCUT2D eigenvalue weighted by Crippen LogP contribution is 2.28. The van der Waals surface area contributed by atoms with Gasteiger partial charge in [-0.1, -0.05) is 18.2 Å². The van der Waals surface area contributed by atoms with Crippen molar-refractivity contribution < 1.29 is 14.3 Å². The molecular weight excluding hydrogens is 308 g/mol. The lowest BCUT2D eigenvalue weighted by molar-refractivity contribution is 0.104. The van der Waals surface area contributed by atoms with Crippen molar-refractivity contribution in [3.05, 3.63) is 59.7 Å². The topological polar surface area (TPSA) is 35.5 Å². The standard InChI is InChI=1S/C19H20O3S/c1-4-22-16-9-5-14(6-10-16)7-11-17(20)15-8-12-19(23-3)18(13-15)21-2/h5-13H,4H2,1-3H3/b11-7+. The summed E-state index contributed by atoms with van der Waals surface area (Å²) in [6.07, 6.45) is 5.35. The Morgan fingerprint density at radius 2 is 1.91 bits per heavy atom. The zero-order chi connectivity index (χ0) is 16.7. The first-order valence-electron chi connectivity index (χ1n) is 7.35. The largest absolute Gasteiger partial charge is 0.496 e. The number of carbonyl (C=O) groups excluding carboxylic acids is 1. The number of ketones is 1. The summed E-state index contributed by atoms with van der Waals surface area (Å²) < 4.78 is 10.7. The Morgan fingerprint density at radius 1 is 1.17 bits per heavy atom. The second-order valence-corrected chi connectivity index (χ2v) is 5.62. The maximum atomic E-state index is 12.3. The van der Waals surface area contributed by atoms with Gasteiger partial charge in [-0.05, 0) is 55.2 Å². The predicted molar refractivity (Wildman–Crippen MR) is 95.8 cm³/mol. The van der Waals surface area contributed by atoms with E-state index in [-0.39, 0.29) is 5.78 Å². The number of methoxy groups -OCH3 is 1. The van der Waals surface area contributed by atoms with Crippen LogP contribution in [0.4, 0.5) is 0 Å². The SMILES string of the molecule is CCOc1ccc(/C=C/C(=O)c2ccc(SC)c(OC)c2)cc1. The van der Waals surface area contributed by atoms with Crippen LogP contribution in [0.5, 0.6) is 11.5 Å². The van der Waals surface area contributed by atoms with Crippen molar-refractivity contribution in [1.29, 1.82) is 0 Å². The van der Waals surface area contributed by atoms with E-state index in [0.717, 1.165) is 22.0 Å². The molecule has 0 unspecified atom stereocenters. The molecule has 0 aliphatic carbocycles. The fourth-order valence-corrected chi connectivity index (χ4v) is 2.65. The summed E-state index contributed by atoms with van der Waals surface area (Å²) in [6, 6.07) is 13.1. The molecule has 120 valence electrons. The first-order valence-corrected chi connectivity index (χ1v) is 8.57. The summed E-state index contributed by atoms with van der Waals surface area (Å²) in [5.41, 5.74) is 1.57. The van der Waals surface area contributed by atoms with Crippen molar-refractivity contribution in [2.45, 2.75) is 11.8 Å². The van der Waals surface area contributed by atoms with E-state index in [2.05, 4.69) is 0 Å². The zero-order valence-electron chi connectivity index (χ0n) is 13.5. The monoisotopic (exact) mass is 328 g/mol. The van der Waals surface area contributed by atoms with Gasteiger partial charge in [0.1, 0.15) is 11.5 Å². The van der Waals surface area contributed by atoms with Gasteiger partial charge in [0.25, 0.3) is 0 Å². The lowest BCUT2D eigenvalue weighted by Crippen LogP contribution is -1.96. The first kappa shape index (κ1) is 17.2. The number of carbonyl (C=O) groups is 1. The molecule has 0 saturated carbocycles. The smallest absolute Gasteiger partial charge is 0.185 e. The van der Waals surface area contributed by atoms with Gasteiger partial charge in [0.2, 0.25) is 0 Å². The molecule has 0 aliphatic rings. The van der Waals surface area contributed by atoms with Gasteiger partial charge in [-0.3, -0.25) is 4.79 Å². The van der Waals surface area contributed by atoms with E-state index >= 15 is 0 Å². The third-order valence-corrected chi connectivity index (χ3v) is 4.06. The molecule has 0 radical (unpaired) electrons. The highest BCUT2D eigenvalue weighted by atomic mass is 32.2. The van der Waals surface area contributed by atoms with Crippen molar-refractivity contribution >= 4 is 23.6 Å². The highest BCUT2D eigenvalue weighted by Gasteiger charge is 2.07. The molecule has 0 fully saturated rings. The molecule has 0 atom stereocenters. The normalized spacial score (nSPS) is 10.7. The zero-order valence-corrected chi connectivity index (χ0v) is 14.4. The summed E-state index contributed by atoms with van der Waals surface area (Å²) in [6.45, 7) is 2.59. The molecular formula is C19H20O3S. The van der Waals surface area contributed by atoms with Crippen molar-refractivity contribution in [3.63, 3.8) is 0 Å². The number of ether oxygens (including phenoxy) is 2. The average molecular weight is 328 g/mol. The minimum Gasteiger partial charge on any atom is -0.496 e. The summed E-state index contributed by atoms with van der Waals surface area (Å²) in [5, 5.41) is 0. The lowest BCUT2D eigenvalue weighted by atomic mass is 10.1. The van der Waals surface area contributed by atoms with Crippen LogP contribution in [0.15, 0.2) is 53.4 Å². The van der Waals surface area contributed by atoms with Gasteiger partial charge in [0, 0.05) is 10.5 Å². The molecule has 0 saturated heterocycles. The molecule has 2 rings (SSSR count). The molecule has 0 spiro atoms. The highest BCUT2D eigenvalue weighted by molar-refractivity contribution is 7.98. The lowest BCUT2D eigenvalue weighted by Gasteiger charge is -2.07. The predicted octanol–water partition coefficient (Wildman–Crippen LogP) is 4.71. The maximum absolute atomic E-state index is 12.3. The number of hydrogen-bond acceptors (Lipinski definition) is 4. The van der Waals surface area contributed by atoms with Crippen molar-refractivity contribution in [2.24, 2.45) is 0 Å². The molecule has 0 N–H and O–H groups in total. The van der Waals surface area contributed by atoms with Crippen LogP contribution in [0.1, 0.15) is 22.8 Å². The van der Waals surface area contributed by atoms with Crippen molar-refractivity contribution in [3.8, 4) is 11.5 Å². The second kappa shape index (κ2) is 8.44.